The first-order valence-electron chi connectivity index (χ1n) is 7.77. The number of methoxy groups -OCH3 is 1. The number of sulfonamides is 1. The number of hydrogen-bond acceptors (Lipinski definition) is 5. The molecule has 0 amide bonds. The van der Waals surface area contributed by atoms with Crippen molar-refractivity contribution in [3.63, 3.8) is 0 Å². The monoisotopic (exact) mass is 453 g/mol. The van der Waals surface area contributed by atoms with Crippen molar-refractivity contribution < 1.29 is 35.5 Å². The first-order valence-corrected chi connectivity index (χ1v) is 9.63. The zero-order chi connectivity index (χ0) is 21.3. The molecule has 3 rings (SSSR count). The SMILES string of the molecule is COc1nc(OCC(F)F)c(F)cc1NS(=O)(=O)c1c[nH]c2c(F)c(Cl)ccc12. The van der Waals surface area contributed by atoms with E-state index in [1.165, 1.54) is 12.1 Å². The molecule has 13 heteroatoms. The minimum Gasteiger partial charge on any atom is -0.479 e. The van der Waals surface area contributed by atoms with Crippen molar-refractivity contribution in [1.29, 1.82) is 0 Å². The Morgan fingerprint density at radius 2 is 2.00 bits per heavy atom. The summed E-state index contributed by atoms with van der Waals surface area (Å²) in [6, 6.07) is 3.14. The Morgan fingerprint density at radius 3 is 2.66 bits per heavy atom. The summed E-state index contributed by atoms with van der Waals surface area (Å²) in [5, 5.41) is -0.202. The molecule has 0 bridgehead atoms. The second kappa shape index (κ2) is 7.95. The second-order valence-electron chi connectivity index (χ2n) is 5.58. The van der Waals surface area contributed by atoms with E-state index in [1.54, 1.807) is 0 Å². The lowest BCUT2D eigenvalue weighted by Crippen LogP contribution is -2.15. The first-order chi connectivity index (χ1) is 13.6. The van der Waals surface area contributed by atoms with Crippen molar-refractivity contribution in [2.45, 2.75) is 11.3 Å². The Morgan fingerprint density at radius 1 is 1.28 bits per heavy atom. The molecule has 0 spiro atoms. The van der Waals surface area contributed by atoms with Crippen LogP contribution in [0.2, 0.25) is 5.02 Å². The summed E-state index contributed by atoms with van der Waals surface area (Å²) >= 11 is 5.67. The van der Waals surface area contributed by atoms with Crippen LogP contribution in [0.4, 0.5) is 23.2 Å². The van der Waals surface area contributed by atoms with Crippen LogP contribution in [0, 0.1) is 11.6 Å². The average Bonchev–Trinajstić information content (AvgIpc) is 3.09. The highest BCUT2D eigenvalue weighted by molar-refractivity contribution is 7.93. The van der Waals surface area contributed by atoms with Gasteiger partial charge in [0.05, 0.1) is 17.6 Å². The lowest BCUT2D eigenvalue weighted by atomic mass is 10.2. The summed E-state index contributed by atoms with van der Waals surface area (Å²) in [5.41, 5.74) is -0.553. The number of alkyl halides is 2. The summed E-state index contributed by atoms with van der Waals surface area (Å²) in [6.45, 7) is -1.11. The third-order valence-corrected chi connectivity index (χ3v) is 5.39. The maximum atomic E-state index is 14.1. The standard InChI is InChI=1S/C16H12ClF4N3O4S/c1-27-16-10(4-9(18)15(23-16)28-6-12(19)20)24-29(25,26)11-5-22-14-7(11)2-3-8(17)13(14)21/h2-5,12,22,24H,6H2,1H3. The number of H-pyrrole nitrogens is 1. The van der Waals surface area contributed by atoms with Gasteiger partial charge in [-0.1, -0.05) is 11.6 Å². The van der Waals surface area contributed by atoms with Gasteiger partial charge in [-0.25, -0.2) is 26.0 Å². The Bertz CT molecular complexity index is 1170. The number of halogens is 5. The Hall–Kier alpha value is -2.73. The molecule has 0 atom stereocenters. The van der Waals surface area contributed by atoms with Gasteiger partial charge in [0.25, 0.3) is 22.3 Å². The molecule has 0 saturated heterocycles. The Balaban J connectivity index is 1.98. The molecule has 0 aliphatic rings. The van der Waals surface area contributed by atoms with E-state index >= 15 is 0 Å². The fourth-order valence-corrected chi connectivity index (χ4v) is 3.84. The molecule has 0 fully saturated rings. The van der Waals surface area contributed by atoms with Gasteiger partial charge in [-0.05, 0) is 12.1 Å². The van der Waals surface area contributed by atoms with Crippen LogP contribution in [0.1, 0.15) is 0 Å². The molecule has 2 N–H and O–H groups in total. The summed E-state index contributed by atoms with van der Waals surface area (Å²) in [5.74, 6) is -3.24. The zero-order valence-electron chi connectivity index (χ0n) is 14.5. The van der Waals surface area contributed by atoms with E-state index in [-0.39, 0.29) is 20.8 Å². The summed E-state index contributed by atoms with van der Waals surface area (Å²) in [7, 11) is -3.24. The largest absolute Gasteiger partial charge is 0.479 e. The van der Waals surface area contributed by atoms with Gasteiger partial charge in [-0.2, -0.15) is 4.98 Å². The molecule has 7 nitrogen and oxygen atoms in total. The molecule has 2 heterocycles. The van der Waals surface area contributed by atoms with Gasteiger partial charge in [0.2, 0.25) is 5.88 Å². The quantitative estimate of drug-likeness (QED) is 0.528. The van der Waals surface area contributed by atoms with Crippen LogP contribution < -0.4 is 14.2 Å². The molecule has 0 unspecified atom stereocenters. The van der Waals surface area contributed by atoms with E-state index in [9.17, 15) is 26.0 Å². The smallest absolute Gasteiger partial charge is 0.272 e. The van der Waals surface area contributed by atoms with E-state index in [0.29, 0.717) is 6.07 Å². The fraction of sp³-hybridized carbons (Fsp3) is 0.188. The number of fused-ring (bicyclic) bond motifs is 1. The highest BCUT2D eigenvalue weighted by atomic mass is 35.5. The number of nitrogens with zero attached hydrogens (tertiary/aromatic N) is 1. The summed E-state index contributed by atoms with van der Waals surface area (Å²) < 4.78 is 89.5. The Kier molecular flexibility index (Phi) is 5.75. The van der Waals surface area contributed by atoms with Crippen molar-refractivity contribution in [3.05, 3.63) is 41.1 Å². The summed E-state index contributed by atoms with van der Waals surface area (Å²) in [6.07, 6.45) is -1.83. The third kappa shape index (κ3) is 4.17. The van der Waals surface area contributed by atoms with Gasteiger partial charge >= 0.3 is 0 Å². The van der Waals surface area contributed by atoms with E-state index in [4.69, 9.17) is 16.3 Å². The van der Waals surface area contributed by atoms with Gasteiger partial charge < -0.3 is 14.5 Å². The van der Waals surface area contributed by atoms with Crippen molar-refractivity contribution >= 4 is 38.2 Å². The molecular weight excluding hydrogens is 442 g/mol. The lowest BCUT2D eigenvalue weighted by Gasteiger charge is -2.13. The highest BCUT2D eigenvalue weighted by Gasteiger charge is 2.24. The van der Waals surface area contributed by atoms with Gasteiger partial charge in [0, 0.05) is 17.6 Å². The van der Waals surface area contributed by atoms with E-state index in [1.807, 2.05) is 0 Å². The highest BCUT2D eigenvalue weighted by Crippen LogP contribution is 2.33. The second-order valence-corrected chi connectivity index (χ2v) is 7.63. The predicted octanol–water partition coefficient (Wildman–Crippen LogP) is 3.95. The van der Waals surface area contributed by atoms with Crippen LogP contribution in [0.15, 0.2) is 29.3 Å². The maximum absolute atomic E-state index is 14.1. The topological polar surface area (TPSA) is 93.3 Å². The molecule has 3 aromatic rings. The molecule has 29 heavy (non-hydrogen) atoms. The molecule has 156 valence electrons. The number of aromatic nitrogens is 2. The molecule has 2 aromatic heterocycles. The number of aromatic amines is 1. The molecule has 0 saturated carbocycles. The van der Waals surface area contributed by atoms with Gasteiger partial charge in [0.15, 0.2) is 18.2 Å². The molecule has 0 radical (unpaired) electrons. The van der Waals surface area contributed by atoms with Gasteiger partial charge in [-0.15, -0.1) is 0 Å². The van der Waals surface area contributed by atoms with Crippen LogP contribution in [-0.4, -0.2) is 38.5 Å². The lowest BCUT2D eigenvalue weighted by molar-refractivity contribution is 0.0770. The minimum atomic E-state index is -4.35. The number of nitrogens with one attached hydrogen (secondary N) is 2. The zero-order valence-corrected chi connectivity index (χ0v) is 16.0. The molecular formula is C16H12ClF4N3O4S. The van der Waals surface area contributed by atoms with Gasteiger partial charge in [-0.3, -0.25) is 4.72 Å². The maximum Gasteiger partial charge on any atom is 0.272 e. The number of hydrogen-bond donors (Lipinski definition) is 2. The van der Waals surface area contributed by atoms with Crippen molar-refractivity contribution in [2.75, 3.05) is 18.4 Å². The number of anilines is 1. The van der Waals surface area contributed by atoms with E-state index in [2.05, 4.69) is 19.4 Å². The van der Waals surface area contributed by atoms with Crippen molar-refractivity contribution in [1.82, 2.24) is 9.97 Å². The number of rotatable bonds is 7. The predicted molar refractivity (Wildman–Crippen MR) is 96.3 cm³/mol. The molecule has 0 aliphatic carbocycles. The fourth-order valence-electron chi connectivity index (χ4n) is 2.46. The minimum absolute atomic E-state index is 0.00341. The van der Waals surface area contributed by atoms with Crippen LogP contribution in [0.5, 0.6) is 11.8 Å². The average molecular weight is 454 g/mol. The number of benzene rings is 1. The Labute approximate surface area is 166 Å². The van der Waals surface area contributed by atoms with Crippen LogP contribution in [0.3, 0.4) is 0 Å². The normalized spacial score (nSPS) is 11.8. The van der Waals surface area contributed by atoms with Crippen LogP contribution in [0.25, 0.3) is 10.9 Å². The van der Waals surface area contributed by atoms with E-state index < -0.39 is 52.1 Å². The van der Waals surface area contributed by atoms with Crippen LogP contribution >= 0.6 is 11.6 Å². The van der Waals surface area contributed by atoms with E-state index in [0.717, 1.165) is 13.3 Å². The number of ether oxygens (including phenoxy) is 2. The van der Waals surface area contributed by atoms with Crippen molar-refractivity contribution in [3.8, 4) is 11.8 Å². The number of pyridine rings is 1. The summed E-state index contributed by atoms with van der Waals surface area (Å²) in [4.78, 5) is 5.68. The first kappa shape index (κ1) is 21.0. The van der Waals surface area contributed by atoms with Crippen molar-refractivity contribution in [2.24, 2.45) is 0 Å². The third-order valence-electron chi connectivity index (χ3n) is 3.69. The molecule has 1 aromatic carbocycles. The molecule has 0 aliphatic heterocycles. The van der Waals surface area contributed by atoms with Crippen LogP contribution in [-0.2, 0) is 10.0 Å². The van der Waals surface area contributed by atoms with Gasteiger partial charge in [0.1, 0.15) is 10.6 Å².